The third kappa shape index (κ3) is 6.28. The lowest BCUT2D eigenvalue weighted by molar-refractivity contribution is -0.137. The van der Waals surface area contributed by atoms with Gasteiger partial charge in [0.25, 0.3) is 0 Å². The number of nitrogens with one attached hydrogen (secondary N) is 1. The molecule has 0 radical (unpaired) electrons. The van der Waals surface area contributed by atoms with Gasteiger partial charge in [-0.2, -0.15) is 0 Å². The first-order chi connectivity index (χ1) is 5.93. The normalized spacial score (nSPS) is 12.9. The largest absolute Gasteiger partial charge is 0.481 e. The van der Waals surface area contributed by atoms with Crippen molar-refractivity contribution < 1.29 is 14.7 Å². The molecule has 1 atom stereocenters. The van der Waals surface area contributed by atoms with Crippen LogP contribution in [0.25, 0.3) is 0 Å². The number of carbonyl (C=O) groups excluding carboxylic acids is 1. The van der Waals surface area contributed by atoms with Crippen LogP contribution in [0, 0.1) is 0 Å². The Kier molecular flexibility index (Phi) is 5.30. The average molecular weight is 187 g/mol. The smallest absolute Gasteiger partial charge is 0.303 e. The quantitative estimate of drug-likeness (QED) is 0.645. The van der Waals surface area contributed by atoms with E-state index < -0.39 is 5.97 Å². The fraction of sp³-hybridized carbons (Fsp3) is 0.778. The first-order valence-corrected chi connectivity index (χ1v) is 4.41. The van der Waals surface area contributed by atoms with Crippen LogP contribution < -0.4 is 5.32 Å². The molecule has 0 bridgehead atoms. The minimum Gasteiger partial charge on any atom is -0.481 e. The highest BCUT2D eigenvalue weighted by Crippen LogP contribution is 2.00. The van der Waals surface area contributed by atoms with Crippen molar-refractivity contribution in [2.24, 2.45) is 0 Å². The average Bonchev–Trinajstić information content (AvgIpc) is 1.96. The van der Waals surface area contributed by atoms with Gasteiger partial charge >= 0.3 is 5.97 Å². The Morgan fingerprint density at radius 3 is 2.23 bits per heavy atom. The second kappa shape index (κ2) is 5.70. The fourth-order valence-corrected chi connectivity index (χ4v) is 1.07. The first kappa shape index (κ1) is 12.1. The van der Waals surface area contributed by atoms with Crippen LogP contribution in [-0.2, 0) is 9.59 Å². The summed E-state index contributed by atoms with van der Waals surface area (Å²) in [6.07, 6.45) is 0.396. The molecule has 13 heavy (non-hydrogen) atoms. The first-order valence-electron chi connectivity index (χ1n) is 4.41. The number of ketones is 1. The van der Waals surface area contributed by atoms with Crippen molar-refractivity contribution in [3.63, 3.8) is 0 Å². The summed E-state index contributed by atoms with van der Waals surface area (Å²) in [5, 5.41) is 11.5. The van der Waals surface area contributed by atoms with E-state index in [0.29, 0.717) is 6.42 Å². The van der Waals surface area contributed by atoms with Crippen LogP contribution >= 0.6 is 0 Å². The van der Waals surface area contributed by atoms with E-state index in [0.717, 1.165) is 0 Å². The number of rotatable bonds is 6. The van der Waals surface area contributed by atoms with Gasteiger partial charge in [-0.05, 0) is 13.3 Å². The number of carbonyl (C=O) groups is 2. The molecule has 0 spiro atoms. The van der Waals surface area contributed by atoms with Gasteiger partial charge in [0, 0.05) is 12.5 Å². The summed E-state index contributed by atoms with van der Waals surface area (Å²) in [6, 6.07) is -0.126. The number of carboxylic acid groups (broad SMARTS) is 1. The summed E-state index contributed by atoms with van der Waals surface area (Å²) in [4.78, 5) is 21.3. The van der Waals surface area contributed by atoms with E-state index in [-0.39, 0.29) is 24.3 Å². The molecule has 0 saturated carbocycles. The molecule has 0 heterocycles. The standard InChI is InChI=1S/C9H17NO3/c1-6(2)10-8(7(3)11)4-5-9(12)13/h6,8,10H,4-5H2,1-3H3,(H,12,13)/t8-/m0/s1. The second-order valence-electron chi connectivity index (χ2n) is 3.42. The molecule has 0 aliphatic carbocycles. The van der Waals surface area contributed by atoms with Crippen molar-refractivity contribution in [2.45, 2.75) is 45.7 Å². The third-order valence-electron chi connectivity index (χ3n) is 1.67. The van der Waals surface area contributed by atoms with Crippen LogP contribution in [0.4, 0.5) is 0 Å². The predicted molar refractivity (Wildman–Crippen MR) is 49.6 cm³/mol. The molecular formula is C9H17NO3. The summed E-state index contributed by atoms with van der Waals surface area (Å²) in [6.45, 7) is 5.33. The van der Waals surface area contributed by atoms with Crippen molar-refractivity contribution in [2.75, 3.05) is 0 Å². The fourth-order valence-electron chi connectivity index (χ4n) is 1.07. The van der Waals surface area contributed by atoms with Crippen LogP contribution in [0.2, 0.25) is 0 Å². The number of hydrogen-bond donors (Lipinski definition) is 2. The molecule has 76 valence electrons. The van der Waals surface area contributed by atoms with Crippen molar-refractivity contribution in [3.05, 3.63) is 0 Å². The molecule has 0 aliphatic rings. The van der Waals surface area contributed by atoms with Gasteiger partial charge in [0.05, 0.1) is 6.04 Å². The topological polar surface area (TPSA) is 66.4 Å². The van der Waals surface area contributed by atoms with Crippen molar-refractivity contribution in [1.82, 2.24) is 5.32 Å². The number of aliphatic carboxylic acids is 1. The Hall–Kier alpha value is -0.900. The molecule has 0 fully saturated rings. The summed E-state index contributed by atoms with van der Waals surface area (Å²) in [7, 11) is 0. The second-order valence-corrected chi connectivity index (χ2v) is 3.42. The van der Waals surface area contributed by atoms with Gasteiger partial charge in [0.15, 0.2) is 0 Å². The van der Waals surface area contributed by atoms with Crippen LogP contribution in [0.5, 0.6) is 0 Å². The summed E-state index contributed by atoms with van der Waals surface area (Å²) in [5.74, 6) is -0.869. The molecular weight excluding hydrogens is 170 g/mol. The Labute approximate surface area is 78.3 Å². The number of hydrogen-bond acceptors (Lipinski definition) is 3. The summed E-state index contributed by atoms with van der Waals surface area (Å²) >= 11 is 0. The van der Waals surface area contributed by atoms with Gasteiger partial charge < -0.3 is 10.4 Å². The van der Waals surface area contributed by atoms with E-state index in [9.17, 15) is 9.59 Å². The highest BCUT2D eigenvalue weighted by molar-refractivity contribution is 5.82. The summed E-state index contributed by atoms with van der Waals surface area (Å²) < 4.78 is 0. The van der Waals surface area contributed by atoms with Gasteiger partial charge in [0.1, 0.15) is 5.78 Å². The van der Waals surface area contributed by atoms with Gasteiger partial charge in [-0.25, -0.2) is 0 Å². The van der Waals surface area contributed by atoms with E-state index in [1.807, 2.05) is 13.8 Å². The molecule has 4 heteroatoms. The maximum Gasteiger partial charge on any atom is 0.303 e. The van der Waals surface area contributed by atoms with Crippen molar-refractivity contribution in [3.8, 4) is 0 Å². The van der Waals surface area contributed by atoms with Gasteiger partial charge in [-0.15, -0.1) is 0 Å². The Bertz CT molecular complexity index is 189. The molecule has 4 nitrogen and oxygen atoms in total. The Morgan fingerprint density at radius 1 is 1.38 bits per heavy atom. The highest BCUT2D eigenvalue weighted by atomic mass is 16.4. The van der Waals surface area contributed by atoms with E-state index in [2.05, 4.69) is 5.32 Å². The van der Waals surface area contributed by atoms with Crippen molar-refractivity contribution >= 4 is 11.8 Å². The Balaban J connectivity index is 3.95. The lowest BCUT2D eigenvalue weighted by atomic mass is 10.1. The van der Waals surface area contributed by atoms with E-state index in [1.165, 1.54) is 6.92 Å². The molecule has 0 rings (SSSR count). The lowest BCUT2D eigenvalue weighted by Gasteiger charge is -2.17. The minimum absolute atomic E-state index is 0.00468. The zero-order valence-electron chi connectivity index (χ0n) is 8.33. The molecule has 2 N–H and O–H groups in total. The van der Waals surface area contributed by atoms with Crippen LogP contribution in [-0.4, -0.2) is 28.9 Å². The lowest BCUT2D eigenvalue weighted by Crippen LogP contribution is -2.40. The maximum atomic E-state index is 11.0. The summed E-state index contributed by atoms with van der Waals surface area (Å²) in [5.41, 5.74) is 0. The van der Waals surface area contributed by atoms with E-state index >= 15 is 0 Å². The molecule has 0 aromatic heterocycles. The van der Waals surface area contributed by atoms with Gasteiger partial charge in [-0.3, -0.25) is 9.59 Å². The monoisotopic (exact) mass is 187 g/mol. The van der Waals surface area contributed by atoms with E-state index in [1.54, 1.807) is 0 Å². The zero-order valence-corrected chi connectivity index (χ0v) is 8.33. The maximum absolute atomic E-state index is 11.0. The van der Waals surface area contributed by atoms with Gasteiger partial charge in [0.2, 0.25) is 0 Å². The Morgan fingerprint density at radius 2 is 1.92 bits per heavy atom. The molecule has 0 aromatic rings. The predicted octanol–water partition coefficient (Wildman–Crippen LogP) is 0.807. The molecule has 0 saturated heterocycles. The van der Waals surface area contributed by atoms with Crippen LogP contribution in [0.1, 0.15) is 33.6 Å². The van der Waals surface area contributed by atoms with Crippen LogP contribution in [0.3, 0.4) is 0 Å². The number of Topliss-reactive ketones (excluding diaryl/α,β-unsaturated/α-hetero) is 1. The van der Waals surface area contributed by atoms with Crippen molar-refractivity contribution in [1.29, 1.82) is 0 Å². The SMILES string of the molecule is CC(=O)[C@H](CCC(=O)O)NC(C)C. The van der Waals surface area contributed by atoms with E-state index in [4.69, 9.17) is 5.11 Å². The molecule has 0 amide bonds. The molecule has 0 aliphatic heterocycles. The van der Waals surface area contributed by atoms with Crippen LogP contribution in [0.15, 0.2) is 0 Å². The molecule has 0 unspecified atom stereocenters. The third-order valence-corrected chi connectivity index (χ3v) is 1.67. The molecule has 0 aromatic carbocycles. The minimum atomic E-state index is -0.864. The van der Waals surface area contributed by atoms with Gasteiger partial charge in [-0.1, -0.05) is 13.8 Å². The zero-order chi connectivity index (χ0) is 10.4. The number of carboxylic acids is 1. The highest BCUT2D eigenvalue weighted by Gasteiger charge is 2.15.